The van der Waals surface area contributed by atoms with Crippen molar-refractivity contribution in [1.82, 2.24) is 10.1 Å². The minimum atomic E-state index is -0.366. The minimum Gasteiger partial charge on any atom is -0.334 e. The predicted molar refractivity (Wildman–Crippen MR) is 90.6 cm³/mol. The molecule has 1 aromatic heterocycles. The molecule has 1 fully saturated rings. The van der Waals surface area contributed by atoms with Gasteiger partial charge in [-0.2, -0.15) is 4.98 Å². The van der Waals surface area contributed by atoms with Gasteiger partial charge in [0.05, 0.1) is 0 Å². The molecular weight excluding hydrogens is 321 g/mol. The first-order valence-electron chi connectivity index (χ1n) is 8.07. The number of rotatable bonds is 3. The van der Waals surface area contributed by atoms with Gasteiger partial charge in [-0.15, -0.1) is 0 Å². The molecule has 25 heavy (non-hydrogen) atoms. The van der Waals surface area contributed by atoms with Gasteiger partial charge in [0.1, 0.15) is 5.82 Å². The summed E-state index contributed by atoms with van der Waals surface area (Å²) in [6.45, 7) is 2.39. The number of benzene rings is 2. The largest absolute Gasteiger partial charge is 0.334 e. The van der Waals surface area contributed by atoms with E-state index in [0.717, 1.165) is 11.1 Å². The van der Waals surface area contributed by atoms with E-state index in [0.29, 0.717) is 23.9 Å². The third kappa shape index (κ3) is 2.91. The molecule has 0 bridgehead atoms. The van der Waals surface area contributed by atoms with Gasteiger partial charge in [-0.05, 0) is 36.8 Å². The fraction of sp³-hybridized carbons (Fsp3) is 0.211. The van der Waals surface area contributed by atoms with Crippen molar-refractivity contribution in [3.63, 3.8) is 0 Å². The van der Waals surface area contributed by atoms with Crippen molar-refractivity contribution in [1.29, 1.82) is 0 Å². The van der Waals surface area contributed by atoms with Crippen LogP contribution in [0.25, 0.3) is 11.5 Å². The molecule has 0 saturated carbocycles. The minimum absolute atomic E-state index is 0.0714. The van der Waals surface area contributed by atoms with Crippen LogP contribution in [0.4, 0.5) is 10.1 Å². The zero-order valence-corrected chi connectivity index (χ0v) is 13.6. The van der Waals surface area contributed by atoms with Gasteiger partial charge in [0.25, 0.3) is 5.89 Å². The highest BCUT2D eigenvalue weighted by Crippen LogP contribution is 2.32. The van der Waals surface area contributed by atoms with Crippen molar-refractivity contribution < 1.29 is 13.7 Å². The predicted octanol–water partition coefficient (Wildman–Crippen LogP) is 3.70. The summed E-state index contributed by atoms with van der Waals surface area (Å²) in [5, 5.41) is 4.06. The Hall–Kier alpha value is -3.02. The van der Waals surface area contributed by atoms with Gasteiger partial charge in [-0.25, -0.2) is 4.39 Å². The van der Waals surface area contributed by atoms with Crippen LogP contribution in [0, 0.1) is 12.7 Å². The van der Waals surface area contributed by atoms with Crippen LogP contribution in [0.5, 0.6) is 0 Å². The van der Waals surface area contributed by atoms with Crippen molar-refractivity contribution in [3.8, 4) is 11.5 Å². The van der Waals surface area contributed by atoms with Crippen LogP contribution in [-0.2, 0) is 4.79 Å². The normalized spacial score (nSPS) is 17.3. The number of amides is 1. The quantitative estimate of drug-likeness (QED) is 0.731. The van der Waals surface area contributed by atoms with Gasteiger partial charge in [0.2, 0.25) is 5.91 Å². The molecule has 0 spiro atoms. The molecule has 2 heterocycles. The van der Waals surface area contributed by atoms with E-state index in [2.05, 4.69) is 10.1 Å². The molecule has 1 atom stereocenters. The lowest BCUT2D eigenvalue weighted by molar-refractivity contribution is -0.117. The van der Waals surface area contributed by atoms with E-state index in [4.69, 9.17) is 4.52 Å². The Morgan fingerprint density at radius 3 is 2.84 bits per heavy atom. The first kappa shape index (κ1) is 15.5. The smallest absolute Gasteiger partial charge is 0.258 e. The Kier molecular flexibility index (Phi) is 3.80. The van der Waals surface area contributed by atoms with E-state index >= 15 is 0 Å². The number of hydrogen-bond donors (Lipinski definition) is 0. The standard InChI is InChI=1S/C19H16FN3O2/c1-12-5-2-3-8-16(12)19-21-18(22-25-19)13-9-17(24)23(11-13)15-7-4-6-14(20)10-15/h2-8,10,13H,9,11H2,1H3. The number of carbonyl (C=O) groups excluding carboxylic acids is 1. The van der Waals surface area contributed by atoms with Crippen LogP contribution >= 0.6 is 0 Å². The summed E-state index contributed by atoms with van der Waals surface area (Å²) in [4.78, 5) is 18.4. The maximum absolute atomic E-state index is 13.4. The van der Waals surface area contributed by atoms with Gasteiger partial charge in [-0.1, -0.05) is 29.4 Å². The van der Waals surface area contributed by atoms with Crippen LogP contribution in [0.15, 0.2) is 53.1 Å². The number of aromatic nitrogens is 2. The van der Waals surface area contributed by atoms with Crippen molar-refractivity contribution in [2.24, 2.45) is 0 Å². The van der Waals surface area contributed by atoms with Gasteiger partial charge in [-0.3, -0.25) is 4.79 Å². The summed E-state index contributed by atoms with van der Waals surface area (Å²) in [5.74, 6) is 0.348. The fourth-order valence-corrected chi connectivity index (χ4v) is 3.10. The summed E-state index contributed by atoms with van der Waals surface area (Å²) >= 11 is 0. The number of carbonyl (C=O) groups is 1. The first-order chi connectivity index (χ1) is 12.1. The second-order valence-electron chi connectivity index (χ2n) is 6.16. The lowest BCUT2D eigenvalue weighted by Crippen LogP contribution is -2.24. The summed E-state index contributed by atoms with van der Waals surface area (Å²) in [5.41, 5.74) is 2.48. The zero-order chi connectivity index (χ0) is 17.4. The average molecular weight is 337 g/mol. The maximum atomic E-state index is 13.4. The Bertz CT molecular complexity index is 938. The number of halogens is 1. The van der Waals surface area contributed by atoms with Crippen molar-refractivity contribution in [2.45, 2.75) is 19.3 Å². The Morgan fingerprint density at radius 1 is 1.20 bits per heavy atom. The molecule has 6 heteroatoms. The highest BCUT2D eigenvalue weighted by Gasteiger charge is 2.34. The molecule has 1 unspecified atom stereocenters. The van der Waals surface area contributed by atoms with Crippen LogP contribution < -0.4 is 4.90 Å². The fourth-order valence-electron chi connectivity index (χ4n) is 3.10. The van der Waals surface area contributed by atoms with Gasteiger partial charge in [0, 0.05) is 30.1 Å². The summed E-state index contributed by atoms with van der Waals surface area (Å²) in [7, 11) is 0. The molecule has 5 nitrogen and oxygen atoms in total. The Balaban J connectivity index is 1.58. The van der Waals surface area contributed by atoms with Crippen LogP contribution in [0.2, 0.25) is 0 Å². The molecule has 4 rings (SSSR count). The highest BCUT2D eigenvalue weighted by atomic mass is 19.1. The SMILES string of the molecule is Cc1ccccc1-c1nc(C2CC(=O)N(c3cccc(F)c3)C2)no1. The Morgan fingerprint density at radius 2 is 2.04 bits per heavy atom. The van der Waals surface area contributed by atoms with E-state index in [1.807, 2.05) is 31.2 Å². The lowest BCUT2D eigenvalue weighted by atomic mass is 10.1. The first-order valence-corrected chi connectivity index (χ1v) is 8.07. The third-order valence-electron chi connectivity index (χ3n) is 4.43. The molecule has 126 valence electrons. The van der Waals surface area contributed by atoms with Crippen molar-refractivity contribution in [2.75, 3.05) is 11.4 Å². The van der Waals surface area contributed by atoms with Gasteiger partial charge in [0.15, 0.2) is 5.82 Å². The second-order valence-corrected chi connectivity index (χ2v) is 6.16. The molecule has 0 aliphatic carbocycles. The number of anilines is 1. The molecule has 1 amide bonds. The van der Waals surface area contributed by atoms with Crippen molar-refractivity contribution in [3.05, 3.63) is 65.7 Å². The number of hydrogen-bond acceptors (Lipinski definition) is 4. The average Bonchev–Trinajstić information content (AvgIpc) is 3.22. The molecular formula is C19H16FN3O2. The topological polar surface area (TPSA) is 59.2 Å². The molecule has 0 radical (unpaired) electrons. The van der Waals surface area contributed by atoms with E-state index < -0.39 is 0 Å². The number of aryl methyl sites for hydroxylation is 1. The van der Waals surface area contributed by atoms with Crippen molar-refractivity contribution >= 4 is 11.6 Å². The summed E-state index contributed by atoms with van der Waals surface area (Å²) < 4.78 is 18.8. The number of nitrogens with zero attached hydrogens (tertiary/aromatic N) is 3. The second kappa shape index (κ2) is 6.12. The molecule has 0 N–H and O–H groups in total. The molecule has 1 aliphatic heterocycles. The lowest BCUT2D eigenvalue weighted by Gasteiger charge is -2.15. The molecule has 2 aromatic carbocycles. The molecule has 1 aliphatic rings. The molecule has 1 saturated heterocycles. The zero-order valence-electron chi connectivity index (χ0n) is 13.6. The summed E-state index contributed by atoms with van der Waals surface area (Å²) in [6.07, 6.45) is 0.281. The van der Waals surface area contributed by atoms with Crippen LogP contribution in [0.1, 0.15) is 23.7 Å². The van der Waals surface area contributed by atoms with Gasteiger partial charge >= 0.3 is 0 Å². The highest BCUT2D eigenvalue weighted by molar-refractivity contribution is 5.96. The summed E-state index contributed by atoms with van der Waals surface area (Å²) in [6, 6.07) is 13.8. The van der Waals surface area contributed by atoms with E-state index in [1.54, 1.807) is 17.0 Å². The van der Waals surface area contributed by atoms with E-state index in [-0.39, 0.29) is 24.1 Å². The Labute approximate surface area is 144 Å². The van der Waals surface area contributed by atoms with E-state index in [1.165, 1.54) is 12.1 Å². The van der Waals surface area contributed by atoms with Crippen LogP contribution in [0.3, 0.4) is 0 Å². The van der Waals surface area contributed by atoms with Gasteiger partial charge < -0.3 is 9.42 Å². The third-order valence-corrected chi connectivity index (χ3v) is 4.43. The van der Waals surface area contributed by atoms with E-state index in [9.17, 15) is 9.18 Å². The maximum Gasteiger partial charge on any atom is 0.258 e. The van der Waals surface area contributed by atoms with Crippen LogP contribution in [-0.4, -0.2) is 22.6 Å². The monoisotopic (exact) mass is 337 g/mol. The molecule has 3 aromatic rings.